The van der Waals surface area contributed by atoms with Crippen molar-refractivity contribution in [3.63, 3.8) is 0 Å². The summed E-state index contributed by atoms with van der Waals surface area (Å²) >= 11 is 0. The molecule has 0 rings (SSSR count). The molecule has 0 aromatic rings. The van der Waals surface area contributed by atoms with Crippen molar-refractivity contribution in [2.75, 3.05) is 0 Å². The smallest absolute Gasteiger partial charge is 0.303 e. The molecule has 0 spiro atoms. The van der Waals surface area contributed by atoms with Crippen molar-refractivity contribution in [3.8, 4) is 0 Å². The van der Waals surface area contributed by atoms with Gasteiger partial charge in [-0.15, -0.1) is 0 Å². The maximum atomic E-state index is 10.4. The number of aliphatic carboxylic acids is 1. The molecule has 0 aliphatic heterocycles. The average Bonchev–Trinajstić information content (AvgIpc) is 2.50. The van der Waals surface area contributed by atoms with Gasteiger partial charge in [0.05, 0.1) is 0 Å². The topological polar surface area (TPSA) is 37.3 Å². The monoisotopic (exact) mass is 452 g/mol. The third-order valence-electron chi connectivity index (χ3n) is 4.15. The van der Waals surface area contributed by atoms with Gasteiger partial charge in [0.1, 0.15) is 0 Å². The van der Waals surface area contributed by atoms with Crippen LogP contribution in [0.25, 0.3) is 0 Å². The van der Waals surface area contributed by atoms with Crippen molar-refractivity contribution in [1.82, 2.24) is 0 Å². The van der Waals surface area contributed by atoms with Gasteiger partial charge in [-0.05, 0) is 32.1 Å². The number of carboxylic acids is 1. The molecule has 0 aromatic carbocycles. The summed E-state index contributed by atoms with van der Waals surface area (Å²) in [6.45, 7) is 2.27. The second-order valence-electron chi connectivity index (χ2n) is 6.44. The van der Waals surface area contributed by atoms with E-state index in [0.717, 1.165) is 12.8 Å². The minimum Gasteiger partial charge on any atom is -0.481 e. The summed E-state index contributed by atoms with van der Waals surface area (Å²) in [4.78, 5) is 10.4. The zero-order valence-electron chi connectivity index (χ0n) is 15.3. The molecule has 2 nitrogen and oxygen atoms in total. The van der Waals surface area contributed by atoms with E-state index in [-0.39, 0.29) is 40.8 Å². The van der Waals surface area contributed by atoms with Gasteiger partial charge in [0.2, 0.25) is 0 Å². The number of allylic oxidation sites excluding steroid dienone is 2. The van der Waals surface area contributed by atoms with Crippen LogP contribution in [0, 0.1) is 40.8 Å². The molecule has 0 fully saturated rings. The van der Waals surface area contributed by atoms with Gasteiger partial charge in [-0.2, -0.15) is 0 Å². The summed E-state index contributed by atoms with van der Waals surface area (Å²) in [5.74, 6) is -0.663. The molecule has 23 heavy (non-hydrogen) atoms. The quantitative estimate of drug-likeness (QED) is 0.192. The molecule has 3 heteroatoms. The maximum Gasteiger partial charge on any atom is 0.303 e. The van der Waals surface area contributed by atoms with Gasteiger partial charge >= 0.3 is 5.97 Å². The number of hydrogen-bond donors (Lipinski definition) is 1. The molecule has 0 bridgehead atoms. The van der Waals surface area contributed by atoms with Crippen molar-refractivity contribution in [1.29, 1.82) is 0 Å². The van der Waals surface area contributed by atoms with Crippen LogP contribution in [0.1, 0.15) is 110 Å². The van der Waals surface area contributed by atoms with Crippen molar-refractivity contribution in [2.45, 2.75) is 110 Å². The molecular formula is C20H38NdO2. The fourth-order valence-corrected chi connectivity index (χ4v) is 2.70. The predicted octanol–water partition coefficient (Wildman–Crippen LogP) is 6.89. The zero-order valence-corrected chi connectivity index (χ0v) is 18.5. The normalized spacial score (nSPS) is 10.8. The van der Waals surface area contributed by atoms with Crippen LogP contribution in [0.2, 0.25) is 0 Å². The van der Waals surface area contributed by atoms with Crippen LogP contribution in [0.3, 0.4) is 0 Å². The molecule has 0 saturated heterocycles. The van der Waals surface area contributed by atoms with E-state index in [9.17, 15) is 4.79 Å². The van der Waals surface area contributed by atoms with Crippen LogP contribution < -0.4 is 0 Å². The summed E-state index contributed by atoms with van der Waals surface area (Å²) < 4.78 is 0. The van der Waals surface area contributed by atoms with E-state index >= 15 is 0 Å². The summed E-state index contributed by atoms with van der Waals surface area (Å²) in [6, 6.07) is 0. The molecule has 0 aliphatic rings. The Kier molecular flexibility index (Phi) is 25.3. The molecule has 0 aromatic heterocycles. The third kappa shape index (κ3) is 24.9. The van der Waals surface area contributed by atoms with E-state index in [1.54, 1.807) is 0 Å². The first-order chi connectivity index (χ1) is 10.8. The fourth-order valence-electron chi connectivity index (χ4n) is 2.70. The Morgan fingerprint density at radius 1 is 0.696 bits per heavy atom. The van der Waals surface area contributed by atoms with Gasteiger partial charge in [-0.1, -0.05) is 83.3 Å². The number of hydrogen-bond acceptors (Lipinski definition) is 1. The van der Waals surface area contributed by atoms with Crippen LogP contribution in [-0.4, -0.2) is 11.1 Å². The number of carbonyl (C=O) groups is 1. The molecule has 134 valence electrons. The van der Waals surface area contributed by atoms with Crippen molar-refractivity contribution in [2.24, 2.45) is 0 Å². The van der Waals surface area contributed by atoms with Crippen LogP contribution in [0.4, 0.5) is 0 Å². The number of rotatable bonds is 17. The van der Waals surface area contributed by atoms with Crippen molar-refractivity contribution in [3.05, 3.63) is 12.2 Å². The maximum absolute atomic E-state index is 10.4. The third-order valence-corrected chi connectivity index (χ3v) is 4.15. The van der Waals surface area contributed by atoms with E-state index in [2.05, 4.69) is 19.1 Å². The van der Waals surface area contributed by atoms with E-state index < -0.39 is 5.97 Å². The van der Waals surface area contributed by atoms with Gasteiger partial charge in [-0.3, -0.25) is 4.79 Å². The SMILES string of the molecule is CCCCCCCCCC/C=C\CCCCCCCC(=O)O.[Nd]. The van der Waals surface area contributed by atoms with Gasteiger partial charge in [-0.25, -0.2) is 0 Å². The Morgan fingerprint density at radius 2 is 1.09 bits per heavy atom. The van der Waals surface area contributed by atoms with Crippen LogP contribution in [-0.2, 0) is 4.79 Å². The summed E-state index contributed by atoms with van der Waals surface area (Å²) in [7, 11) is 0. The van der Waals surface area contributed by atoms with Crippen LogP contribution in [0.5, 0.6) is 0 Å². The molecule has 0 heterocycles. The Hall–Kier alpha value is 0.561. The molecule has 0 atom stereocenters. The zero-order chi connectivity index (χ0) is 16.3. The van der Waals surface area contributed by atoms with Gasteiger partial charge in [0, 0.05) is 47.3 Å². The second kappa shape index (κ2) is 22.6. The molecular weight excluding hydrogens is 416 g/mol. The standard InChI is InChI=1S/C20H38O2.Nd/c1-2-3-4-5-6-7-8-9-10-11-12-13-14-15-16-17-18-19-20(21)22;/h11-12H,2-10,13-19H2,1H3,(H,21,22);/b12-11-;. The summed E-state index contributed by atoms with van der Waals surface area (Å²) in [5.41, 5.74) is 0. The summed E-state index contributed by atoms with van der Waals surface area (Å²) in [5, 5.41) is 8.53. The fraction of sp³-hybridized carbons (Fsp3) is 0.850. The van der Waals surface area contributed by atoms with E-state index in [4.69, 9.17) is 5.11 Å². The van der Waals surface area contributed by atoms with Gasteiger partial charge in [0.15, 0.2) is 0 Å². The number of unbranched alkanes of at least 4 members (excludes halogenated alkanes) is 13. The minimum atomic E-state index is -0.663. The van der Waals surface area contributed by atoms with Crippen LogP contribution in [0.15, 0.2) is 12.2 Å². The Morgan fingerprint density at radius 3 is 1.52 bits per heavy atom. The largest absolute Gasteiger partial charge is 0.481 e. The Bertz CT molecular complexity index is 264. The molecule has 0 amide bonds. The predicted molar refractivity (Wildman–Crippen MR) is 96.3 cm³/mol. The van der Waals surface area contributed by atoms with Crippen molar-refractivity contribution >= 4 is 5.97 Å². The molecule has 1 N–H and O–H groups in total. The minimum absolute atomic E-state index is 0. The van der Waals surface area contributed by atoms with Crippen molar-refractivity contribution < 1.29 is 50.7 Å². The number of carboxylic acid groups (broad SMARTS) is 1. The van der Waals surface area contributed by atoms with Gasteiger partial charge in [0.25, 0.3) is 0 Å². The average molecular weight is 455 g/mol. The second-order valence-corrected chi connectivity index (χ2v) is 6.44. The molecule has 0 unspecified atom stereocenters. The Labute approximate surface area is 177 Å². The first-order valence-electron chi connectivity index (χ1n) is 9.64. The van der Waals surface area contributed by atoms with E-state index in [0.29, 0.717) is 6.42 Å². The first-order valence-corrected chi connectivity index (χ1v) is 9.64. The van der Waals surface area contributed by atoms with E-state index in [1.807, 2.05) is 0 Å². The molecule has 0 radical (unpaired) electrons. The van der Waals surface area contributed by atoms with Gasteiger partial charge < -0.3 is 5.11 Å². The Balaban J connectivity index is 0. The molecule has 0 aliphatic carbocycles. The summed E-state index contributed by atoms with van der Waals surface area (Å²) in [6.07, 6.45) is 24.2. The molecule has 0 saturated carbocycles. The first kappa shape index (κ1) is 25.8. The van der Waals surface area contributed by atoms with Crippen LogP contribution >= 0.6 is 0 Å². The van der Waals surface area contributed by atoms with E-state index in [1.165, 1.54) is 83.5 Å².